The van der Waals surface area contributed by atoms with Gasteiger partial charge in [-0.1, -0.05) is 32.0 Å². The van der Waals surface area contributed by atoms with Crippen LogP contribution in [0, 0.1) is 6.92 Å². The predicted molar refractivity (Wildman–Crippen MR) is 98.0 cm³/mol. The van der Waals surface area contributed by atoms with E-state index >= 15 is 0 Å². The van der Waals surface area contributed by atoms with E-state index in [-0.39, 0.29) is 6.10 Å². The zero-order valence-corrected chi connectivity index (χ0v) is 14.7. The molecule has 1 aromatic heterocycles. The van der Waals surface area contributed by atoms with Crippen molar-refractivity contribution in [2.45, 2.75) is 45.6 Å². The fourth-order valence-corrected chi connectivity index (χ4v) is 2.97. The molecule has 128 valence electrons. The van der Waals surface area contributed by atoms with Gasteiger partial charge in [-0.2, -0.15) is 4.98 Å². The van der Waals surface area contributed by atoms with Gasteiger partial charge in [-0.05, 0) is 37.3 Å². The van der Waals surface area contributed by atoms with Crippen LogP contribution in [0.1, 0.15) is 43.9 Å². The highest BCUT2D eigenvalue weighted by molar-refractivity contribution is 5.62. The summed E-state index contributed by atoms with van der Waals surface area (Å²) in [4.78, 5) is 9.08. The summed E-state index contributed by atoms with van der Waals surface area (Å²) >= 11 is 0. The lowest BCUT2D eigenvalue weighted by Gasteiger charge is -2.15. The summed E-state index contributed by atoms with van der Waals surface area (Å²) in [5.74, 6) is 1.91. The molecule has 2 N–H and O–H groups in total. The van der Waals surface area contributed by atoms with E-state index in [9.17, 15) is 0 Å². The van der Waals surface area contributed by atoms with Crippen LogP contribution in [0.4, 0.5) is 17.5 Å². The summed E-state index contributed by atoms with van der Waals surface area (Å²) in [5, 5.41) is 6.74. The highest BCUT2D eigenvalue weighted by Crippen LogP contribution is 2.26. The smallest absolute Gasteiger partial charge is 0.224 e. The van der Waals surface area contributed by atoms with Crippen molar-refractivity contribution < 1.29 is 4.74 Å². The predicted octanol–water partition coefficient (Wildman–Crippen LogP) is 4.24. The molecule has 0 spiro atoms. The van der Waals surface area contributed by atoms with Gasteiger partial charge in [-0.15, -0.1) is 0 Å². The Morgan fingerprint density at radius 3 is 2.83 bits per heavy atom. The van der Waals surface area contributed by atoms with E-state index in [4.69, 9.17) is 4.74 Å². The molecule has 0 saturated carbocycles. The SMILES string of the molecule is Cc1cc(Nc2ccccc2C(C)C)nc(NCC2CCCO2)n1. The maximum absolute atomic E-state index is 5.64. The number of ether oxygens (including phenoxy) is 1. The molecule has 1 aromatic carbocycles. The monoisotopic (exact) mass is 326 g/mol. The third-order valence-electron chi connectivity index (χ3n) is 4.21. The number of hydrogen-bond acceptors (Lipinski definition) is 5. The minimum absolute atomic E-state index is 0.271. The Morgan fingerprint density at radius 2 is 2.08 bits per heavy atom. The number of aromatic nitrogens is 2. The Hall–Kier alpha value is -2.14. The van der Waals surface area contributed by atoms with E-state index in [1.165, 1.54) is 5.56 Å². The molecule has 5 nitrogen and oxygen atoms in total. The lowest BCUT2D eigenvalue weighted by Crippen LogP contribution is -2.20. The zero-order chi connectivity index (χ0) is 16.9. The van der Waals surface area contributed by atoms with Crippen LogP contribution in [0.3, 0.4) is 0 Å². The summed E-state index contributed by atoms with van der Waals surface area (Å²) < 4.78 is 5.64. The van der Waals surface area contributed by atoms with Crippen LogP contribution in [0.5, 0.6) is 0 Å². The van der Waals surface area contributed by atoms with Gasteiger partial charge in [0.2, 0.25) is 5.95 Å². The molecule has 1 fully saturated rings. The first-order valence-electron chi connectivity index (χ1n) is 8.69. The molecule has 0 amide bonds. The molecular formula is C19H26N4O. The number of benzene rings is 1. The Labute approximate surface area is 143 Å². The van der Waals surface area contributed by atoms with Gasteiger partial charge in [0.25, 0.3) is 0 Å². The largest absolute Gasteiger partial charge is 0.376 e. The molecule has 1 aliphatic rings. The van der Waals surface area contributed by atoms with E-state index in [1.54, 1.807) is 0 Å². The number of hydrogen-bond donors (Lipinski definition) is 2. The van der Waals surface area contributed by atoms with Gasteiger partial charge < -0.3 is 15.4 Å². The molecule has 0 aliphatic carbocycles. The van der Waals surface area contributed by atoms with E-state index in [2.05, 4.69) is 52.6 Å². The van der Waals surface area contributed by atoms with Crippen LogP contribution in [-0.2, 0) is 4.74 Å². The quantitative estimate of drug-likeness (QED) is 0.831. The van der Waals surface area contributed by atoms with Gasteiger partial charge in [0.15, 0.2) is 0 Å². The summed E-state index contributed by atoms with van der Waals surface area (Å²) in [7, 11) is 0. The van der Waals surface area contributed by atoms with Gasteiger partial charge in [0, 0.05) is 30.6 Å². The van der Waals surface area contributed by atoms with E-state index in [0.717, 1.165) is 43.2 Å². The van der Waals surface area contributed by atoms with Crippen LogP contribution in [0.2, 0.25) is 0 Å². The average Bonchev–Trinajstić information content (AvgIpc) is 3.06. The number of aryl methyl sites for hydroxylation is 1. The number of anilines is 3. The normalized spacial score (nSPS) is 17.2. The maximum atomic E-state index is 5.64. The van der Waals surface area contributed by atoms with Gasteiger partial charge >= 0.3 is 0 Å². The van der Waals surface area contributed by atoms with Gasteiger partial charge in [0.05, 0.1) is 6.10 Å². The molecule has 5 heteroatoms. The number of rotatable bonds is 6. The molecule has 2 heterocycles. The Morgan fingerprint density at radius 1 is 1.25 bits per heavy atom. The topological polar surface area (TPSA) is 59.1 Å². The molecule has 1 saturated heterocycles. The Balaban J connectivity index is 1.74. The van der Waals surface area contributed by atoms with Crippen molar-refractivity contribution >= 4 is 17.5 Å². The van der Waals surface area contributed by atoms with Gasteiger partial charge in [-0.3, -0.25) is 0 Å². The van der Waals surface area contributed by atoms with E-state index in [0.29, 0.717) is 11.9 Å². The molecular weight excluding hydrogens is 300 g/mol. The maximum Gasteiger partial charge on any atom is 0.224 e. The molecule has 2 aromatic rings. The Kier molecular flexibility index (Phi) is 5.30. The first-order chi connectivity index (χ1) is 11.6. The van der Waals surface area contributed by atoms with Crippen molar-refractivity contribution in [2.24, 2.45) is 0 Å². The zero-order valence-electron chi connectivity index (χ0n) is 14.7. The van der Waals surface area contributed by atoms with Crippen molar-refractivity contribution in [3.63, 3.8) is 0 Å². The number of para-hydroxylation sites is 1. The summed E-state index contributed by atoms with van der Waals surface area (Å²) in [6.45, 7) is 7.99. The van der Waals surface area contributed by atoms with Crippen LogP contribution < -0.4 is 10.6 Å². The highest BCUT2D eigenvalue weighted by atomic mass is 16.5. The van der Waals surface area contributed by atoms with E-state index < -0.39 is 0 Å². The van der Waals surface area contributed by atoms with Gasteiger partial charge in [-0.25, -0.2) is 4.98 Å². The van der Waals surface area contributed by atoms with Crippen molar-refractivity contribution in [3.8, 4) is 0 Å². The van der Waals surface area contributed by atoms with Crippen LogP contribution >= 0.6 is 0 Å². The molecule has 0 radical (unpaired) electrons. The summed E-state index contributed by atoms with van der Waals surface area (Å²) in [6.07, 6.45) is 2.51. The lowest BCUT2D eigenvalue weighted by molar-refractivity contribution is 0.120. The fourth-order valence-electron chi connectivity index (χ4n) is 2.97. The third kappa shape index (κ3) is 4.23. The van der Waals surface area contributed by atoms with Crippen LogP contribution in [0.25, 0.3) is 0 Å². The van der Waals surface area contributed by atoms with Crippen molar-refractivity contribution in [1.29, 1.82) is 0 Å². The molecule has 1 unspecified atom stereocenters. The van der Waals surface area contributed by atoms with Crippen LogP contribution in [-0.4, -0.2) is 29.2 Å². The van der Waals surface area contributed by atoms with Crippen molar-refractivity contribution in [1.82, 2.24) is 9.97 Å². The molecule has 0 bridgehead atoms. The minimum Gasteiger partial charge on any atom is -0.376 e. The number of nitrogens with zero attached hydrogens (tertiary/aromatic N) is 2. The minimum atomic E-state index is 0.271. The van der Waals surface area contributed by atoms with E-state index in [1.807, 2.05) is 19.1 Å². The molecule has 24 heavy (non-hydrogen) atoms. The molecule has 1 atom stereocenters. The van der Waals surface area contributed by atoms with Gasteiger partial charge in [0.1, 0.15) is 5.82 Å². The fraction of sp³-hybridized carbons (Fsp3) is 0.474. The molecule has 3 rings (SSSR count). The average molecular weight is 326 g/mol. The van der Waals surface area contributed by atoms with Crippen LogP contribution in [0.15, 0.2) is 30.3 Å². The second kappa shape index (κ2) is 7.62. The second-order valence-electron chi connectivity index (χ2n) is 6.60. The Bertz CT molecular complexity index is 681. The van der Waals surface area contributed by atoms with Crippen molar-refractivity contribution in [2.75, 3.05) is 23.8 Å². The standard InChI is InChI=1S/C19H26N4O/c1-13(2)16-8-4-5-9-17(16)22-18-11-14(3)21-19(23-18)20-12-15-7-6-10-24-15/h4-5,8-9,11,13,15H,6-7,10,12H2,1-3H3,(H2,20,21,22,23). The summed E-state index contributed by atoms with van der Waals surface area (Å²) in [6, 6.07) is 10.3. The summed E-state index contributed by atoms with van der Waals surface area (Å²) in [5.41, 5.74) is 3.31. The number of nitrogens with one attached hydrogen (secondary N) is 2. The first kappa shape index (κ1) is 16.7. The molecule has 1 aliphatic heterocycles. The second-order valence-corrected chi connectivity index (χ2v) is 6.60. The van der Waals surface area contributed by atoms with Crippen molar-refractivity contribution in [3.05, 3.63) is 41.6 Å². The first-order valence-corrected chi connectivity index (χ1v) is 8.69. The third-order valence-corrected chi connectivity index (χ3v) is 4.21. The highest BCUT2D eigenvalue weighted by Gasteiger charge is 2.15. The lowest BCUT2D eigenvalue weighted by atomic mass is 10.0.